The quantitative estimate of drug-likeness (QED) is 0.943. The molecule has 96 valence electrons. The second kappa shape index (κ2) is 5.54. The van der Waals surface area contributed by atoms with Crippen LogP contribution in [0.2, 0.25) is 0 Å². The van der Waals surface area contributed by atoms with Crippen molar-refractivity contribution in [2.75, 3.05) is 13.7 Å². The summed E-state index contributed by atoms with van der Waals surface area (Å²) in [6.07, 6.45) is 0.763. The van der Waals surface area contributed by atoms with E-state index in [-0.39, 0.29) is 0 Å². The molecule has 0 atom stereocenters. The molecule has 0 aliphatic rings. The van der Waals surface area contributed by atoms with Crippen LogP contribution >= 0.6 is 15.9 Å². The smallest absolute Gasteiger partial charge is 0.132 e. The highest BCUT2D eigenvalue weighted by Gasteiger charge is 2.14. The molecule has 0 spiro atoms. The van der Waals surface area contributed by atoms with Gasteiger partial charge >= 0.3 is 0 Å². The first-order valence-electron chi connectivity index (χ1n) is 5.73. The highest BCUT2D eigenvalue weighted by Crippen LogP contribution is 2.30. The largest absolute Gasteiger partial charge is 0.497 e. The maximum absolute atomic E-state index is 5.58. The number of nitrogens with zero attached hydrogens (tertiary/aromatic N) is 2. The number of imidazole rings is 1. The van der Waals surface area contributed by atoms with Gasteiger partial charge in [0.1, 0.15) is 16.2 Å². The molecular weight excluding hydrogens is 294 g/mol. The van der Waals surface area contributed by atoms with Crippen LogP contribution < -0.4 is 10.5 Å². The Hall–Kier alpha value is -1.33. The molecule has 0 saturated heterocycles. The Bertz CT molecular complexity index is 551. The van der Waals surface area contributed by atoms with Crippen molar-refractivity contribution in [1.82, 2.24) is 9.55 Å². The van der Waals surface area contributed by atoms with E-state index >= 15 is 0 Å². The number of hydrogen-bond acceptors (Lipinski definition) is 3. The number of hydrogen-bond donors (Lipinski definition) is 1. The van der Waals surface area contributed by atoms with Crippen LogP contribution in [0.15, 0.2) is 28.9 Å². The summed E-state index contributed by atoms with van der Waals surface area (Å²) < 4.78 is 8.14. The Morgan fingerprint density at radius 2 is 2.22 bits per heavy atom. The number of rotatable bonds is 4. The fourth-order valence-electron chi connectivity index (χ4n) is 1.94. The third-order valence-corrected chi connectivity index (χ3v) is 3.41. The maximum atomic E-state index is 5.58. The minimum absolute atomic E-state index is 0.592. The molecule has 4 nitrogen and oxygen atoms in total. The van der Waals surface area contributed by atoms with Gasteiger partial charge in [-0.3, -0.25) is 0 Å². The van der Waals surface area contributed by atoms with E-state index in [9.17, 15) is 0 Å². The summed E-state index contributed by atoms with van der Waals surface area (Å²) in [5, 5.41) is 0. The fourth-order valence-corrected chi connectivity index (χ4v) is 2.64. The number of halogens is 1. The molecule has 0 aliphatic carbocycles. The van der Waals surface area contributed by atoms with Gasteiger partial charge in [0.2, 0.25) is 0 Å². The second-order valence-corrected chi connectivity index (χ2v) is 4.75. The van der Waals surface area contributed by atoms with Gasteiger partial charge < -0.3 is 15.0 Å². The third kappa shape index (κ3) is 2.42. The van der Waals surface area contributed by atoms with E-state index in [1.54, 1.807) is 7.11 Å². The number of aromatic nitrogens is 2. The van der Waals surface area contributed by atoms with Crippen LogP contribution in [0, 0.1) is 0 Å². The van der Waals surface area contributed by atoms with Crippen molar-refractivity contribution in [3.8, 4) is 17.0 Å². The van der Waals surface area contributed by atoms with Crippen LogP contribution in [0.4, 0.5) is 0 Å². The van der Waals surface area contributed by atoms with Gasteiger partial charge in [-0.15, -0.1) is 0 Å². The third-order valence-electron chi connectivity index (χ3n) is 2.86. The molecule has 1 heterocycles. The Morgan fingerprint density at radius 3 is 2.89 bits per heavy atom. The molecule has 1 aromatic heterocycles. The summed E-state index contributed by atoms with van der Waals surface area (Å²) in [6, 6.07) is 7.93. The first-order valence-corrected chi connectivity index (χ1v) is 6.52. The average molecular weight is 310 g/mol. The van der Waals surface area contributed by atoms with Crippen molar-refractivity contribution in [2.45, 2.75) is 6.42 Å². The molecule has 2 aromatic rings. The Balaban J connectivity index is 2.49. The Labute approximate surface area is 115 Å². The zero-order chi connectivity index (χ0) is 13.1. The lowest BCUT2D eigenvalue weighted by Gasteiger charge is -2.07. The molecule has 0 fully saturated rings. The maximum Gasteiger partial charge on any atom is 0.132 e. The van der Waals surface area contributed by atoms with E-state index in [0.29, 0.717) is 6.54 Å². The first-order chi connectivity index (χ1) is 8.67. The SMILES string of the molecule is COc1cccc(-c2c(Br)nc(CCN)n2C)c1. The monoisotopic (exact) mass is 309 g/mol. The summed E-state index contributed by atoms with van der Waals surface area (Å²) in [5.74, 6) is 1.81. The van der Waals surface area contributed by atoms with Crippen LogP contribution in [0.25, 0.3) is 11.3 Å². The van der Waals surface area contributed by atoms with Crippen molar-refractivity contribution in [3.05, 3.63) is 34.7 Å². The molecule has 0 amide bonds. The summed E-state index contributed by atoms with van der Waals surface area (Å²) in [4.78, 5) is 4.49. The highest BCUT2D eigenvalue weighted by molar-refractivity contribution is 9.10. The number of ether oxygens (including phenoxy) is 1. The van der Waals surface area contributed by atoms with E-state index < -0.39 is 0 Å². The molecule has 0 unspecified atom stereocenters. The molecule has 2 N–H and O–H groups in total. The molecule has 2 rings (SSSR count). The van der Waals surface area contributed by atoms with Crippen molar-refractivity contribution < 1.29 is 4.74 Å². The lowest BCUT2D eigenvalue weighted by Crippen LogP contribution is -2.08. The molecular formula is C13H16BrN3O. The number of nitrogens with two attached hydrogens (primary N) is 1. The molecule has 5 heteroatoms. The summed E-state index contributed by atoms with van der Waals surface area (Å²) in [6.45, 7) is 0.592. The fraction of sp³-hybridized carbons (Fsp3) is 0.308. The number of benzene rings is 1. The predicted molar refractivity (Wildman–Crippen MR) is 75.7 cm³/mol. The van der Waals surface area contributed by atoms with Crippen LogP contribution in [0.1, 0.15) is 5.82 Å². The van der Waals surface area contributed by atoms with Crippen molar-refractivity contribution in [3.63, 3.8) is 0 Å². The molecule has 1 aromatic carbocycles. The van der Waals surface area contributed by atoms with Crippen LogP contribution in [-0.2, 0) is 13.5 Å². The lowest BCUT2D eigenvalue weighted by atomic mass is 10.1. The highest BCUT2D eigenvalue weighted by atomic mass is 79.9. The van der Waals surface area contributed by atoms with E-state index in [2.05, 4.69) is 25.5 Å². The van der Waals surface area contributed by atoms with Gasteiger partial charge in [0, 0.05) is 19.0 Å². The van der Waals surface area contributed by atoms with Gasteiger partial charge in [-0.2, -0.15) is 0 Å². The average Bonchev–Trinajstić information content (AvgIpc) is 2.65. The predicted octanol–water partition coefficient (Wildman–Crippen LogP) is 2.36. The zero-order valence-electron chi connectivity index (χ0n) is 10.5. The zero-order valence-corrected chi connectivity index (χ0v) is 12.1. The summed E-state index contributed by atoms with van der Waals surface area (Å²) in [7, 11) is 3.66. The van der Waals surface area contributed by atoms with E-state index in [4.69, 9.17) is 10.5 Å². The van der Waals surface area contributed by atoms with Crippen LogP contribution in [0.5, 0.6) is 5.75 Å². The number of methoxy groups -OCH3 is 1. The van der Waals surface area contributed by atoms with E-state index in [0.717, 1.165) is 33.9 Å². The molecule has 0 aliphatic heterocycles. The van der Waals surface area contributed by atoms with Crippen LogP contribution in [0.3, 0.4) is 0 Å². The molecule has 0 saturated carbocycles. The minimum Gasteiger partial charge on any atom is -0.497 e. The van der Waals surface area contributed by atoms with Gasteiger partial charge in [-0.1, -0.05) is 12.1 Å². The minimum atomic E-state index is 0.592. The topological polar surface area (TPSA) is 53.1 Å². The standard InChI is InChI=1S/C13H16BrN3O/c1-17-11(6-7-15)16-13(14)12(17)9-4-3-5-10(8-9)18-2/h3-5,8H,6-7,15H2,1-2H3. The van der Waals surface area contributed by atoms with Crippen molar-refractivity contribution in [2.24, 2.45) is 12.8 Å². The van der Waals surface area contributed by atoms with Crippen LogP contribution in [-0.4, -0.2) is 23.2 Å². The van der Waals surface area contributed by atoms with Gasteiger partial charge in [-0.25, -0.2) is 4.98 Å². The van der Waals surface area contributed by atoms with Crippen molar-refractivity contribution in [1.29, 1.82) is 0 Å². The molecule has 0 radical (unpaired) electrons. The lowest BCUT2D eigenvalue weighted by molar-refractivity contribution is 0.415. The normalized spacial score (nSPS) is 10.7. The van der Waals surface area contributed by atoms with E-state index in [1.807, 2.05) is 31.3 Å². The molecule has 18 heavy (non-hydrogen) atoms. The Morgan fingerprint density at radius 1 is 1.44 bits per heavy atom. The van der Waals surface area contributed by atoms with E-state index in [1.165, 1.54) is 0 Å². The Kier molecular flexibility index (Phi) is 4.04. The van der Waals surface area contributed by atoms with Crippen molar-refractivity contribution >= 4 is 15.9 Å². The summed E-state index contributed by atoms with van der Waals surface area (Å²) in [5.41, 5.74) is 7.69. The van der Waals surface area contributed by atoms with Gasteiger partial charge in [0.15, 0.2) is 0 Å². The van der Waals surface area contributed by atoms with Gasteiger partial charge in [0.05, 0.1) is 12.8 Å². The van der Waals surface area contributed by atoms with Gasteiger partial charge in [0.25, 0.3) is 0 Å². The van der Waals surface area contributed by atoms with Gasteiger partial charge in [-0.05, 0) is 34.6 Å². The first kappa shape index (κ1) is 13.1. The summed E-state index contributed by atoms with van der Waals surface area (Å²) >= 11 is 3.51. The molecule has 0 bridgehead atoms. The second-order valence-electron chi connectivity index (χ2n) is 4.00.